The molecule has 0 bridgehead atoms. The number of nitrogens with zero attached hydrogens (tertiary/aromatic N) is 2. The van der Waals surface area contributed by atoms with Crippen molar-refractivity contribution in [2.24, 2.45) is 5.73 Å². The molecule has 1 aromatic carbocycles. The smallest absolute Gasteiger partial charge is 0.320 e. The van der Waals surface area contributed by atoms with Gasteiger partial charge in [-0.3, -0.25) is 0 Å². The molecule has 0 radical (unpaired) electrons. The predicted molar refractivity (Wildman–Crippen MR) is 72.1 cm³/mol. The molecule has 1 heterocycles. The van der Waals surface area contributed by atoms with Crippen LogP contribution in [-0.2, 0) is 0 Å². The van der Waals surface area contributed by atoms with Crippen molar-refractivity contribution in [2.45, 2.75) is 25.4 Å². The van der Waals surface area contributed by atoms with Crippen LogP contribution in [0.5, 0.6) is 0 Å². The molecule has 2 rings (SSSR count). The van der Waals surface area contributed by atoms with Gasteiger partial charge in [0.25, 0.3) is 0 Å². The van der Waals surface area contributed by atoms with Crippen molar-refractivity contribution in [1.29, 1.82) is 0 Å². The minimum absolute atomic E-state index is 0.0609. The molecule has 2 amide bonds. The highest BCUT2D eigenvalue weighted by atomic mass is 19.1. The van der Waals surface area contributed by atoms with Crippen LogP contribution in [0.4, 0.5) is 9.18 Å². The standard InChI is InChI=1S/C14H20FN3O/c1-10(7-8-16)18-9-13(17(2)14(18)19)11-5-3-4-6-12(11)15/h3-6,10,13H,7-9,16H2,1-2H3. The Morgan fingerprint density at radius 2 is 2.16 bits per heavy atom. The summed E-state index contributed by atoms with van der Waals surface area (Å²) in [6, 6.07) is 6.41. The minimum Gasteiger partial charge on any atom is -0.330 e. The molecule has 1 saturated heterocycles. The molecular weight excluding hydrogens is 245 g/mol. The van der Waals surface area contributed by atoms with Crippen LogP contribution in [0.25, 0.3) is 0 Å². The van der Waals surface area contributed by atoms with E-state index in [9.17, 15) is 9.18 Å². The van der Waals surface area contributed by atoms with Crippen molar-refractivity contribution in [1.82, 2.24) is 9.80 Å². The van der Waals surface area contributed by atoms with Gasteiger partial charge in [-0.1, -0.05) is 18.2 Å². The zero-order valence-corrected chi connectivity index (χ0v) is 11.3. The molecule has 2 unspecified atom stereocenters. The first-order chi connectivity index (χ1) is 9.06. The Morgan fingerprint density at radius 3 is 2.79 bits per heavy atom. The number of urea groups is 1. The third-order valence-electron chi connectivity index (χ3n) is 3.77. The largest absolute Gasteiger partial charge is 0.330 e. The molecule has 104 valence electrons. The molecule has 19 heavy (non-hydrogen) atoms. The third-order valence-corrected chi connectivity index (χ3v) is 3.77. The highest BCUT2D eigenvalue weighted by molar-refractivity contribution is 5.77. The SMILES string of the molecule is CC(CCN)N1CC(c2ccccc2F)N(C)C1=O. The summed E-state index contributed by atoms with van der Waals surface area (Å²) in [7, 11) is 1.72. The Kier molecular flexibility index (Phi) is 4.04. The topological polar surface area (TPSA) is 49.6 Å². The number of amides is 2. The van der Waals surface area contributed by atoms with Crippen LogP contribution in [0, 0.1) is 5.82 Å². The van der Waals surface area contributed by atoms with Crippen molar-refractivity contribution in [2.75, 3.05) is 20.1 Å². The number of rotatable bonds is 4. The summed E-state index contributed by atoms with van der Waals surface area (Å²) in [6.45, 7) is 3.03. The zero-order chi connectivity index (χ0) is 14.0. The zero-order valence-electron chi connectivity index (χ0n) is 11.3. The summed E-state index contributed by atoms with van der Waals surface area (Å²) < 4.78 is 13.8. The van der Waals surface area contributed by atoms with Gasteiger partial charge in [0, 0.05) is 25.2 Å². The number of likely N-dealkylation sites (N-methyl/N-ethyl adjacent to an activating group) is 1. The number of benzene rings is 1. The van der Waals surface area contributed by atoms with Gasteiger partial charge in [0.15, 0.2) is 0 Å². The fraction of sp³-hybridized carbons (Fsp3) is 0.500. The summed E-state index contributed by atoms with van der Waals surface area (Å²) in [4.78, 5) is 15.6. The first kappa shape index (κ1) is 13.8. The molecule has 1 fully saturated rings. The van der Waals surface area contributed by atoms with Gasteiger partial charge in [-0.05, 0) is 26.0 Å². The van der Waals surface area contributed by atoms with E-state index in [0.717, 1.165) is 6.42 Å². The van der Waals surface area contributed by atoms with Crippen molar-refractivity contribution in [3.8, 4) is 0 Å². The second-order valence-electron chi connectivity index (χ2n) is 5.01. The van der Waals surface area contributed by atoms with Gasteiger partial charge in [-0.2, -0.15) is 0 Å². The first-order valence-corrected chi connectivity index (χ1v) is 6.54. The van der Waals surface area contributed by atoms with Crippen molar-refractivity contribution in [3.05, 3.63) is 35.6 Å². The lowest BCUT2D eigenvalue weighted by molar-refractivity contribution is 0.182. The molecule has 0 spiro atoms. The van der Waals surface area contributed by atoms with Crippen LogP contribution >= 0.6 is 0 Å². The van der Waals surface area contributed by atoms with Gasteiger partial charge in [-0.25, -0.2) is 9.18 Å². The molecule has 2 atom stereocenters. The maximum absolute atomic E-state index is 13.8. The average molecular weight is 265 g/mol. The number of nitrogens with two attached hydrogens (primary N) is 1. The van der Waals surface area contributed by atoms with Gasteiger partial charge >= 0.3 is 6.03 Å². The molecule has 1 aromatic rings. The molecule has 5 heteroatoms. The van der Waals surface area contributed by atoms with Crippen molar-refractivity contribution >= 4 is 6.03 Å². The lowest BCUT2D eigenvalue weighted by Crippen LogP contribution is -2.37. The second kappa shape index (κ2) is 5.57. The van der Waals surface area contributed by atoms with Crippen LogP contribution in [0.2, 0.25) is 0 Å². The Hall–Kier alpha value is -1.62. The van der Waals surface area contributed by atoms with Crippen molar-refractivity contribution < 1.29 is 9.18 Å². The lowest BCUT2D eigenvalue weighted by atomic mass is 10.1. The number of carbonyl (C=O) groups excluding carboxylic acids is 1. The summed E-state index contributed by atoms with van der Waals surface area (Å²) in [5, 5.41) is 0. The molecule has 0 saturated carbocycles. The molecule has 4 nitrogen and oxygen atoms in total. The van der Waals surface area contributed by atoms with E-state index in [0.29, 0.717) is 18.7 Å². The van der Waals surface area contributed by atoms with Crippen LogP contribution in [-0.4, -0.2) is 42.0 Å². The molecule has 1 aliphatic heterocycles. The van der Waals surface area contributed by atoms with E-state index in [1.165, 1.54) is 6.07 Å². The normalized spacial score (nSPS) is 21.1. The average Bonchev–Trinajstić information content (AvgIpc) is 2.68. The predicted octanol–water partition coefficient (Wildman–Crippen LogP) is 1.97. The number of hydrogen-bond acceptors (Lipinski definition) is 2. The van der Waals surface area contributed by atoms with E-state index in [4.69, 9.17) is 5.73 Å². The fourth-order valence-electron chi connectivity index (χ4n) is 2.54. The fourth-order valence-corrected chi connectivity index (χ4v) is 2.54. The van der Waals surface area contributed by atoms with Gasteiger partial charge in [0.2, 0.25) is 0 Å². The Morgan fingerprint density at radius 1 is 1.47 bits per heavy atom. The Bertz CT molecular complexity index is 466. The monoisotopic (exact) mass is 265 g/mol. The molecule has 1 aliphatic rings. The van der Waals surface area contributed by atoms with E-state index in [1.54, 1.807) is 35.0 Å². The van der Waals surface area contributed by atoms with Crippen LogP contribution in [0.15, 0.2) is 24.3 Å². The highest BCUT2D eigenvalue weighted by Gasteiger charge is 2.38. The maximum atomic E-state index is 13.8. The Balaban J connectivity index is 2.21. The van der Waals surface area contributed by atoms with E-state index in [2.05, 4.69) is 0 Å². The summed E-state index contributed by atoms with van der Waals surface area (Å²) >= 11 is 0. The van der Waals surface area contributed by atoms with Crippen molar-refractivity contribution in [3.63, 3.8) is 0 Å². The molecule has 2 N–H and O–H groups in total. The summed E-state index contributed by atoms with van der Waals surface area (Å²) in [5.41, 5.74) is 6.11. The molecule has 0 aliphatic carbocycles. The molecule has 0 aromatic heterocycles. The third kappa shape index (κ3) is 2.56. The van der Waals surface area contributed by atoms with E-state index >= 15 is 0 Å². The quantitative estimate of drug-likeness (QED) is 0.905. The summed E-state index contributed by atoms with van der Waals surface area (Å²) in [5.74, 6) is -0.263. The number of halogens is 1. The van der Waals surface area contributed by atoms with E-state index in [-0.39, 0.29) is 23.9 Å². The van der Waals surface area contributed by atoms with E-state index in [1.807, 2.05) is 6.92 Å². The summed E-state index contributed by atoms with van der Waals surface area (Å²) in [6.07, 6.45) is 0.754. The first-order valence-electron chi connectivity index (χ1n) is 6.54. The Labute approximate surface area is 113 Å². The molecular formula is C14H20FN3O. The van der Waals surface area contributed by atoms with Crippen LogP contribution < -0.4 is 5.73 Å². The number of carbonyl (C=O) groups is 1. The lowest BCUT2D eigenvalue weighted by Gasteiger charge is -2.23. The van der Waals surface area contributed by atoms with E-state index < -0.39 is 0 Å². The van der Waals surface area contributed by atoms with Gasteiger partial charge in [-0.15, -0.1) is 0 Å². The maximum Gasteiger partial charge on any atom is 0.320 e. The van der Waals surface area contributed by atoms with Crippen LogP contribution in [0.3, 0.4) is 0 Å². The highest BCUT2D eigenvalue weighted by Crippen LogP contribution is 2.31. The van der Waals surface area contributed by atoms with Crippen LogP contribution in [0.1, 0.15) is 24.9 Å². The second-order valence-corrected chi connectivity index (χ2v) is 5.01. The van der Waals surface area contributed by atoms with Gasteiger partial charge in [0.05, 0.1) is 6.04 Å². The van der Waals surface area contributed by atoms with Gasteiger partial charge < -0.3 is 15.5 Å². The van der Waals surface area contributed by atoms with Gasteiger partial charge in [0.1, 0.15) is 5.82 Å². The number of hydrogen-bond donors (Lipinski definition) is 1. The minimum atomic E-state index is -0.263.